The summed E-state index contributed by atoms with van der Waals surface area (Å²) in [6.07, 6.45) is 0.939. The lowest BCUT2D eigenvalue weighted by Gasteiger charge is -2.31. The van der Waals surface area contributed by atoms with E-state index in [1.54, 1.807) is 57.2 Å². The molecular formula is C26H32ClN3O4. The number of anilines is 1. The molecule has 2 atom stereocenters. The lowest BCUT2D eigenvalue weighted by molar-refractivity contribution is -0.138. The van der Waals surface area contributed by atoms with E-state index in [-0.39, 0.29) is 0 Å². The molecule has 0 aliphatic rings. The normalized spacial score (nSPS) is 12.8. The van der Waals surface area contributed by atoms with Crippen LogP contribution in [0, 0.1) is 6.92 Å². The number of nitrogens with one attached hydrogen (secondary N) is 2. The van der Waals surface area contributed by atoms with Crippen LogP contribution in [0.2, 0.25) is 5.02 Å². The molecule has 2 N–H and O–H groups in total. The van der Waals surface area contributed by atoms with E-state index in [0.717, 1.165) is 11.1 Å². The number of para-hydroxylation sites is 1. The third-order valence-corrected chi connectivity index (χ3v) is 5.33. The number of likely N-dealkylation sites (N-methyl/N-ethyl adjacent to an activating group) is 1. The van der Waals surface area contributed by atoms with Crippen molar-refractivity contribution in [2.24, 2.45) is 0 Å². The number of nitrogens with zero attached hydrogens (tertiary/aromatic N) is 1. The molecule has 7 nitrogen and oxygen atoms in total. The van der Waals surface area contributed by atoms with Crippen molar-refractivity contribution >= 4 is 41.3 Å². The number of halogens is 1. The first-order chi connectivity index (χ1) is 15.8. The van der Waals surface area contributed by atoms with Crippen LogP contribution in [0.15, 0.2) is 49.0 Å². The number of carbonyl (C=O) groups excluding carboxylic acids is 3. The van der Waals surface area contributed by atoms with Crippen molar-refractivity contribution in [1.82, 2.24) is 10.2 Å². The summed E-state index contributed by atoms with van der Waals surface area (Å²) in [5, 5.41) is 5.78. The quantitative estimate of drug-likeness (QED) is 0.553. The largest absolute Gasteiger partial charge is 0.444 e. The van der Waals surface area contributed by atoms with Crippen molar-refractivity contribution in [3.05, 3.63) is 70.8 Å². The van der Waals surface area contributed by atoms with Crippen molar-refractivity contribution in [2.45, 2.75) is 52.3 Å². The van der Waals surface area contributed by atoms with Crippen LogP contribution in [0.1, 0.15) is 50.4 Å². The highest BCUT2D eigenvalue weighted by Gasteiger charge is 2.33. The third-order valence-electron chi connectivity index (χ3n) is 5.02. The van der Waals surface area contributed by atoms with Crippen molar-refractivity contribution in [3.63, 3.8) is 0 Å². The highest BCUT2D eigenvalue weighted by atomic mass is 35.5. The standard InChI is InChI=1S/C26H32ClN3O4/c1-8-18-12-10-13-19(15-18)22(23(31)29-21-16(2)11-9-14-20(21)27)30(7)24(32)17(3)28-25(33)34-26(4,5)6/h8-15,17,22H,1H2,2-7H3,(H,28,33)(H,29,31). The Morgan fingerprint density at radius 3 is 2.38 bits per heavy atom. The number of aryl methyl sites for hydroxylation is 1. The van der Waals surface area contributed by atoms with Gasteiger partial charge in [0.2, 0.25) is 5.91 Å². The summed E-state index contributed by atoms with van der Waals surface area (Å²) in [4.78, 5) is 40.2. The SMILES string of the molecule is C=Cc1cccc(C(C(=O)Nc2c(C)cccc2Cl)N(C)C(=O)C(C)NC(=O)OC(C)(C)C)c1. The van der Waals surface area contributed by atoms with E-state index < -0.39 is 35.6 Å². The molecule has 0 radical (unpaired) electrons. The van der Waals surface area contributed by atoms with Crippen LogP contribution in [0.4, 0.5) is 10.5 Å². The number of amides is 3. The minimum Gasteiger partial charge on any atom is -0.444 e. The molecule has 0 aromatic heterocycles. The van der Waals surface area contributed by atoms with Crippen LogP contribution >= 0.6 is 11.6 Å². The number of hydrogen-bond donors (Lipinski definition) is 2. The highest BCUT2D eigenvalue weighted by Crippen LogP contribution is 2.29. The van der Waals surface area contributed by atoms with Gasteiger partial charge in [-0.15, -0.1) is 0 Å². The fourth-order valence-corrected chi connectivity index (χ4v) is 3.64. The van der Waals surface area contributed by atoms with Gasteiger partial charge in [0.1, 0.15) is 17.7 Å². The van der Waals surface area contributed by atoms with Crippen molar-refractivity contribution < 1.29 is 19.1 Å². The molecule has 0 spiro atoms. The van der Waals surface area contributed by atoms with Crippen LogP contribution in [0.3, 0.4) is 0 Å². The first-order valence-electron chi connectivity index (χ1n) is 10.9. The van der Waals surface area contributed by atoms with E-state index in [9.17, 15) is 14.4 Å². The van der Waals surface area contributed by atoms with Crippen LogP contribution in [0.5, 0.6) is 0 Å². The topological polar surface area (TPSA) is 87.7 Å². The average molecular weight is 486 g/mol. The first-order valence-corrected chi connectivity index (χ1v) is 11.3. The van der Waals surface area contributed by atoms with E-state index >= 15 is 0 Å². The second-order valence-corrected chi connectivity index (χ2v) is 9.42. The zero-order valence-electron chi connectivity index (χ0n) is 20.4. The summed E-state index contributed by atoms with van der Waals surface area (Å²) >= 11 is 6.30. The minimum absolute atomic E-state index is 0.390. The molecule has 2 aromatic carbocycles. The Hall–Kier alpha value is -3.32. The van der Waals surface area contributed by atoms with Gasteiger partial charge in [-0.2, -0.15) is 0 Å². The van der Waals surface area contributed by atoms with Crippen molar-refractivity contribution in [2.75, 3.05) is 12.4 Å². The molecule has 8 heteroatoms. The lowest BCUT2D eigenvalue weighted by Crippen LogP contribution is -2.49. The Morgan fingerprint density at radius 1 is 1.15 bits per heavy atom. The number of benzene rings is 2. The molecular weight excluding hydrogens is 454 g/mol. The van der Waals surface area contributed by atoms with Gasteiger partial charge in [-0.3, -0.25) is 9.59 Å². The van der Waals surface area contributed by atoms with Gasteiger partial charge in [0.25, 0.3) is 5.91 Å². The summed E-state index contributed by atoms with van der Waals surface area (Å²) in [5.41, 5.74) is 1.93. The van der Waals surface area contributed by atoms with Gasteiger partial charge in [0.05, 0.1) is 10.7 Å². The molecule has 2 rings (SSSR count). The molecule has 2 unspecified atom stereocenters. The zero-order chi connectivity index (χ0) is 25.6. The number of rotatable bonds is 7. The second-order valence-electron chi connectivity index (χ2n) is 9.01. The van der Waals surface area contributed by atoms with Gasteiger partial charge < -0.3 is 20.3 Å². The molecule has 0 aliphatic heterocycles. The predicted octanol–water partition coefficient (Wildman–Crippen LogP) is 5.34. The van der Waals surface area contributed by atoms with E-state index in [2.05, 4.69) is 17.2 Å². The maximum atomic E-state index is 13.5. The van der Waals surface area contributed by atoms with Crippen LogP contribution in [-0.4, -0.2) is 41.5 Å². The van der Waals surface area contributed by atoms with E-state index in [4.69, 9.17) is 16.3 Å². The zero-order valence-corrected chi connectivity index (χ0v) is 21.2. The maximum absolute atomic E-state index is 13.5. The second kappa shape index (κ2) is 11.2. The number of ether oxygens (including phenoxy) is 1. The Labute approximate surface area is 206 Å². The summed E-state index contributed by atoms with van der Waals surface area (Å²) in [6, 6.07) is 10.5. The average Bonchev–Trinajstić information content (AvgIpc) is 2.74. The minimum atomic E-state index is -0.994. The number of alkyl carbamates (subject to hydrolysis) is 1. The van der Waals surface area contributed by atoms with Crippen LogP contribution in [0.25, 0.3) is 6.08 Å². The fourth-order valence-electron chi connectivity index (χ4n) is 3.37. The molecule has 2 aromatic rings. The van der Waals surface area contributed by atoms with Crippen LogP contribution < -0.4 is 10.6 Å². The monoisotopic (exact) mass is 485 g/mol. The molecule has 182 valence electrons. The molecule has 0 saturated carbocycles. The first kappa shape index (κ1) is 26.9. The lowest BCUT2D eigenvalue weighted by atomic mass is 10.0. The van der Waals surface area contributed by atoms with E-state index in [0.29, 0.717) is 16.3 Å². The number of carbonyl (C=O) groups is 3. The summed E-state index contributed by atoms with van der Waals surface area (Å²) in [6.45, 7) is 12.3. The van der Waals surface area contributed by atoms with Gasteiger partial charge >= 0.3 is 6.09 Å². The maximum Gasteiger partial charge on any atom is 0.408 e. The molecule has 0 heterocycles. The number of hydrogen-bond acceptors (Lipinski definition) is 4. The molecule has 0 bridgehead atoms. The van der Waals surface area contributed by atoms with E-state index in [1.807, 2.05) is 19.1 Å². The van der Waals surface area contributed by atoms with Crippen LogP contribution in [-0.2, 0) is 14.3 Å². The van der Waals surface area contributed by atoms with Crippen molar-refractivity contribution in [3.8, 4) is 0 Å². The third kappa shape index (κ3) is 7.09. The molecule has 0 aliphatic carbocycles. The van der Waals surface area contributed by atoms with Gasteiger partial charge in [-0.25, -0.2) is 4.79 Å². The highest BCUT2D eigenvalue weighted by molar-refractivity contribution is 6.34. The summed E-state index contributed by atoms with van der Waals surface area (Å²) < 4.78 is 5.24. The summed E-state index contributed by atoms with van der Waals surface area (Å²) in [5.74, 6) is -0.913. The van der Waals surface area contributed by atoms with Gasteiger partial charge in [0.15, 0.2) is 0 Å². The molecule has 0 saturated heterocycles. The molecule has 3 amide bonds. The Bertz CT molecular complexity index is 1060. The molecule has 34 heavy (non-hydrogen) atoms. The van der Waals surface area contributed by atoms with Gasteiger partial charge in [0, 0.05) is 7.05 Å². The Balaban J connectivity index is 2.36. The van der Waals surface area contributed by atoms with Gasteiger partial charge in [-0.1, -0.05) is 54.6 Å². The fraction of sp³-hybridized carbons (Fsp3) is 0.346. The Morgan fingerprint density at radius 2 is 1.79 bits per heavy atom. The van der Waals surface area contributed by atoms with Gasteiger partial charge in [-0.05, 0) is 63.4 Å². The van der Waals surface area contributed by atoms with E-state index in [1.165, 1.54) is 18.9 Å². The summed E-state index contributed by atoms with van der Waals surface area (Å²) in [7, 11) is 1.51. The Kier molecular flexibility index (Phi) is 8.87. The predicted molar refractivity (Wildman–Crippen MR) is 136 cm³/mol. The van der Waals surface area contributed by atoms with Crippen molar-refractivity contribution in [1.29, 1.82) is 0 Å². The smallest absolute Gasteiger partial charge is 0.408 e. The molecule has 0 fully saturated rings.